The van der Waals surface area contributed by atoms with Crippen molar-refractivity contribution in [3.05, 3.63) is 58.3 Å². The van der Waals surface area contributed by atoms with Crippen LogP contribution < -0.4 is 20.0 Å². The fourth-order valence-corrected chi connectivity index (χ4v) is 2.63. The summed E-state index contributed by atoms with van der Waals surface area (Å²) in [5.74, 6) is 0.662. The lowest BCUT2D eigenvalue weighted by molar-refractivity contribution is 0.355. The standard InChI is InChI=1S/C18H17FN2O5/c1-23-14-7-5-13(19)8-12(14)10-21-17(20-26-18(21)22)11-4-6-15(24-2)16(9-11)25-3/h4-9H,10H2,1-3H3. The second-order valence-corrected chi connectivity index (χ2v) is 5.38. The Morgan fingerprint density at radius 1 is 1.00 bits per heavy atom. The largest absolute Gasteiger partial charge is 0.496 e. The molecule has 0 amide bonds. The fraction of sp³-hybridized carbons (Fsp3) is 0.222. The molecule has 26 heavy (non-hydrogen) atoms. The van der Waals surface area contributed by atoms with Crippen molar-refractivity contribution in [1.29, 1.82) is 0 Å². The highest BCUT2D eigenvalue weighted by Gasteiger charge is 2.17. The van der Waals surface area contributed by atoms with Crippen molar-refractivity contribution in [2.75, 3.05) is 21.3 Å². The molecule has 0 spiro atoms. The van der Waals surface area contributed by atoms with Gasteiger partial charge in [0, 0.05) is 11.1 Å². The molecule has 0 aliphatic rings. The summed E-state index contributed by atoms with van der Waals surface area (Å²) in [6, 6.07) is 9.18. The fourth-order valence-electron chi connectivity index (χ4n) is 2.63. The molecule has 0 bridgehead atoms. The highest BCUT2D eigenvalue weighted by atomic mass is 19.1. The molecule has 0 aliphatic heterocycles. The number of rotatable bonds is 6. The van der Waals surface area contributed by atoms with E-state index in [1.165, 1.54) is 44.1 Å². The van der Waals surface area contributed by atoms with Gasteiger partial charge < -0.3 is 14.2 Å². The second-order valence-electron chi connectivity index (χ2n) is 5.38. The predicted octanol–water partition coefficient (Wildman–Crippen LogP) is 2.72. The molecule has 0 saturated heterocycles. The van der Waals surface area contributed by atoms with Gasteiger partial charge >= 0.3 is 5.76 Å². The van der Waals surface area contributed by atoms with Gasteiger partial charge in [0.05, 0.1) is 27.9 Å². The van der Waals surface area contributed by atoms with Gasteiger partial charge in [0.1, 0.15) is 11.6 Å². The summed E-state index contributed by atoms with van der Waals surface area (Å²) in [6.07, 6.45) is 0. The number of halogens is 1. The number of hydrogen-bond acceptors (Lipinski definition) is 6. The molecule has 3 aromatic rings. The number of ether oxygens (including phenoxy) is 3. The van der Waals surface area contributed by atoms with Crippen LogP contribution in [-0.4, -0.2) is 31.1 Å². The monoisotopic (exact) mass is 360 g/mol. The van der Waals surface area contributed by atoms with E-state index in [-0.39, 0.29) is 12.4 Å². The number of nitrogens with zero attached hydrogens (tertiary/aromatic N) is 2. The number of benzene rings is 2. The zero-order valence-corrected chi connectivity index (χ0v) is 14.5. The van der Waals surface area contributed by atoms with Crippen molar-refractivity contribution < 1.29 is 23.1 Å². The van der Waals surface area contributed by atoms with Crippen molar-refractivity contribution >= 4 is 0 Å². The number of aromatic nitrogens is 2. The highest BCUT2D eigenvalue weighted by molar-refractivity contribution is 5.61. The Bertz CT molecular complexity index is 980. The van der Waals surface area contributed by atoms with Gasteiger partial charge in [-0.2, -0.15) is 0 Å². The van der Waals surface area contributed by atoms with E-state index in [1.54, 1.807) is 18.2 Å². The maximum Gasteiger partial charge on any atom is 0.442 e. The average molecular weight is 360 g/mol. The van der Waals surface area contributed by atoms with Crippen molar-refractivity contribution in [2.24, 2.45) is 0 Å². The molecule has 0 atom stereocenters. The second kappa shape index (κ2) is 7.30. The third-order valence-electron chi connectivity index (χ3n) is 3.90. The molecular formula is C18H17FN2O5. The molecule has 8 heteroatoms. The third kappa shape index (κ3) is 3.26. The van der Waals surface area contributed by atoms with Crippen LogP contribution in [0.4, 0.5) is 4.39 Å². The summed E-state index contributed by atoms with van der Waals surface area (Å²) in [7, 11) is 4.51. The van der Waals surface area contributed by atoms with E-state index in [0.717, 1.165) is 0 Å². The molecule has 0 saturated carbocycles. The first-order valence-corrected chi connectivity index (χ1v) is 7.68. The Balaban J connectivity index is 2.06. The lowest BCUT2D eigenvalue weighted by atomic mass is 10.1. The van der Waals surface area contributed by atoms with Gasteiger partial charge in [0.15, 0.2) is 17.3 Å². The molecule has 136 valence electrons. The lowest BCUT2D eigenvalue weighted by Crippen LogP contribution is -2.17. The van der Waals surface area contributed by atoms with Crippen LogP contribution in [0.2, 0.25) is 0 Å². The third-order valence-corrected chi connectivity index (χ3v) is 3.90. The van der Waals surface area contributed by atoms with Gasteiger partial charge in [-0.05, 0) is 36.4 Å². The molecule has 7 nitrogen and oxygen atoms in total. The number of hydrogen-bond donors (Lipinski definition) is 0. The van der Waals surface area contributed by atoms with Crippen LogP contribution >= 0.6 is 0 Å². The minimum atomic E-state index is -0.666. The van der Waals surface area contributed by atoms with Gasteiger partial charge in [0.2, 0.25) is 0 Å². The Morgan fingerprint density at radius 2 is 1.69 bits per heavy atom. The van der Waals surface area contributed by atoms with E-state index >= 15 is 0 Å². The van der Waals surface area contributed by atoms with Gasteiger partial charge in [-0.25, -0.2) is 9.18 Å². The number of methoxy groups -OCH3 is 3. The van der Waals surface area contributed by atoms with Gasteiger partial charge in [-0.15, -0.1) is 0 Å². The van der Waals surface area contributed by atoms with Crippen molar-refractivity contribution in [1.82, 2.24) is 9.72 Å². The molecule has 0 radical (unpaired) electrons. The highest BCUT2D eigenvalue weighted by Crippen LogP contribution is 2.31. The van der Waals surface area contributed by atoms with E-state index in [9.17, 15) is 9.18 Å². The van der Waals surface area contributed by atoms with Crippen LogP contribution in [0.5, 0.6) is 17.2 Å². The van der Waals surface area contributed by atoms with E-state index < -0.39 is 11.6 Å². The zero-order chi connectivity index (χ0) is 18.7. The Hall–Kier alpha value is -3.29. The average Bonchev–Trinajstić information content (AvgIpc) is 3.02. The Kier molecular flexibility index (Phi) is 4.92. The van der Waals surface area contributed by atoms with E-state index in [2.05, 4.69) is 5.16 Å². The molecule has 2 aromatic carbocycles. The zero-order valence-electron chi connectivity index (χ0n) is 14.5. The molecule has 0 aliphatic carbocycles. The van der Waals surface area contributed by atoms with Crippen LogP contribution in [0.15, 0.2) is 45.7 Å². The summed E-state index contributed by atoms with van der Waals surface area (Å²) < 4.78 is 35.4. The first-order valence-electron chi connectivity index (χ1n) is 7.68. The van der Waals surface area contributed by atoms with Crippen LogP contribution in [0.25, 0.3) is 11.4 Å². The van der Waals surface area contributed by atoms with Crippen LogP contribution in [-0.2, 0) is 6.54 Å². The molecule has 0 N–H and O–H groups in total. The van der Waals surface area contributed by atoms with Gasteiger partial charge in [-0.3, -0.25) is 9.09 Å². The maximum absolute atomic E-state index is 13.6. The first-order chi connectivity index (χ1) is 12.6. The van der Waals surface area contributed by atoms with Gasteiger partial charge in [-0.1, -0.05) is 5.16 Å². The summed E-state index contributed by atoms with van der Waals surface area (Å²) >= 11 is 0. The van der Waals surface area contributed by atoms with Crippen LogP contribution in [0, 0.1) is 5.82 Å². The first kappa shape index (κ1) is 17.5. The molecular weight excluding hydrogens is 343 g/mol. The Morgan fingerprint density at radius 3 is 2.38 bits per heavy atom. The van der Waals surface area contributed by atoms with E-state index in [0.29, 0.717) is 28.4 Å². The summed E-state index contributed by atoms with van der Waals surface area (Å²) in [4.78, 5) is 12.1. The predicted molar refractivity (Wildman–Crippen MR) is 91.4 cm³/mol. The minimum absolute atomic E-state index is 0.0347. The summed E-state index contributed by atoms with van der Waals surface area (Å²) in [6.45, 7) is 0.0347. The van der Waals surface area contributed by atoms with Crippen molar-refractivity contribution in [2.45, 2.75) is 6.54 Å². The SMILES string of the molecule is COc1ccc(F)cc1Cn1c(-c2ccc(OC)c(OC)c2)noc1=O. The normalized spacial score (nSPS) is 10.6. The summed E-state index contributed by atoms with van der Waals surface area (Å²) in [5.41, 5.74) is 1.07. The Labute approximate surface area is 148 Å². The quantitative estimate of drug-likeness (QED) is 0.673. The molecule has 0 fully saturated rings. The van der Waals surface area contributed by atoms with Gasteiger partial charge in [0.25, 0.3) is 0 Å². The molecule has 1 heterocycles. The lowest BCUT2D eigenvalue weighted by Gasteiger charge is -2.11. The van der Waals surface area contributed by atoms with Crippen LogP contribution in [0.1, 0.15) is 5.56 Å². The van der Waals surface area contributed by atoms with E-state index in [4.69, 9.17) is 18.7 Å². The minimum Gasteiger partial charge on any atom is -0.496 e. The molecule has 1 aromatic heterocycles. The maximum atomic E-state index is 13.6. The molecule has 3 rings (SSSR count). The topological polar surface area (TPSA) is 75.7 Å². The van der Waals surface area contributed by atoms with Crippen LogP contribution in [0.3, 0.4) is 0 Å². The summed E-state index contributed by atoms with van der Waals surface area (Å²) in [5, 5.41) is 3.84. The van der Waals surface area contributed by atoms with Crippen molar-refractivity contribution in [3.8, 4) is 28.6 Å². The van der Waals surface area contributed by atoms with E-state index in [1.807, 2.05) is 0 Å². The smallest absolute Gasteiger partial charge is 0.442 e. The molecule has 0 unspecified atom stereocenters. The van der Waals surface area contributed by atoms with Crippen molar-refractivity contribution in [3.63, 3.8) is 0 Å².